The second-order valence-electron chi connectivity index (χ2n) is 3.63. The zero-order valence-corrected chi connectivity index (χ0v) is 9.36. The lowest BCUT2D eigenvalue weighted by Crippen LogP contribution is -2.18. The Labute approximate surface area is 93.9 Å². The van der Waals surface area contributed by atoms with Crippen LogP contribution in [0.25, 0.3) is 0 Å². The molecule has 86 valence electrons. The molecular formula is C11H14N2O3. The summed E-state index contributed by atoms with van der Waals surface area (Å²) in [5.74, 6) is 0.0405. The Kier molecular flexibility index (Phi) is 4.09. The fourth-order valence-corrected chi connectivity index (χ4v) is 1.42. The maximum atomic E-state index is 10.8. The van der Waals surface area contributed by atoms with E-state index in [0.29, 0.717) is 31.0 Å². The summed E-state index contributed by atoms with van der Waals surface area (Å²) in [7, 11) is 1.86. The highest BCUT2D eigenvalue weighted by atomic mass is 16.4. The first-order valence-corrected chi connectivity index (χ1v) is 4.92. The SMILES string of the molecule is Cc1oc(CN(C)CCC#N)cc1C(=O)O. The molecule has 0 aromatic carbocycles. The van der Waals surface area contributed by atoms with Gasteiger partial charge in [0.2, 0.25) is 0 Å². The normalized spacial score (nSPS) is 10.4. The molecule has 0 spiro atoms. The Morgan fingerprint density at radius 2 is 2.38 bits per heavy atom. The summed E-state index contributed by atoms with van der Waals surface area (Å²) in [5.41, 5.74) is 0.198. The first kappa shape index (κ1) is 12.3. The average molecular weight is 222 g/mol. The summed E-state index contributed by atoms with van der Waals surface area (Å²) in [6, 6.07) is 3.58. The van der Waals surface area contributed by atoms with Crippen LogP contribution in [-0.2, 0) is 6.54 Å². The molecule has 5 nitrogen and oxygen atoms in total. The molecule has 0 fully saturated rings. The van der Waals surface area contributed by atoms with Crippen LogP contribution in [0.2, 0.25) is 0 Å². The van der Waals surface area contributed by atoms with Gasteiger partial charge in [0.05, 0.1) is 12.6 Å². The quantitative estimate of drug-likeness (QED) is 0.819. The van der Waals surface area contributed by atoms with Gasteiger partial charge < -0.3 is 9.52 Å². The Morgan fingerprint density at radius 3 is 2.88 bits per heavy atom. The summed E-state index contributed by atoms with van der Waals surface area (Å²) >= 11 is 0. The summed E-state index contributed by atoms with van der Waals surface area (Å²) < 4.78 is 5.32. The Bertz CT molecular complexity index is 417. The standard InChI is InChI=1S/C11H14N2O3/c1-8-10(11(14)15)6-9(16-8)7-13(2)5-3-4-12/h6H,3,5,7H2,1-2H3,(H,14,15). The van der Waals surface area contributed by atoms with Gasteiger partial charge >= 0.3 is 5.97 Å². The highest BCUT2D eigenvalue weighted by Crippen LogP contribution is 2.15. The van der Waals surface area contributed by atoms with Gasteiger partial charge in [0.15, 0.2) is 0 Å². The summed E-state index contributed by atoms with van der Waals surface area (Å²) in [4.78, 5) is 12.7. The predicted molar refractivity (Wildman–Crippen MR) is 57.0 cm³/mol. The molecule has 1 N–H and O–H groups in total. The van der Waals surface area contributed by atoms with E-state index in [1.165, 1.54) is 6.07 Å². The van der Waals surface area contributed by atoms with Crippen LogP contribution in [0.1, 0.15) is 28.3 Å². The molecule has 0 saturated carbocycles. The van der Waals surface area contributed by atoms with Crippen molar-refractivity contribution in [2.75, 3.05) is 13.6 Å². The van der Waals surface area contributed by atoms with Crippen molar-refractivity contribution in [3.05, 3.63) is 23.2 Å². The minimum Gasteiger partial charge on any atom is -0.478 e. The van der Waals surface area contributed by atoms with E-state index < -0.39 is 5.97 Å². The number of carboxylic acid groups (broad SMARTS) is 1. The number of aryl methyl sites for hydroxylation is 1. The largest absolute Gasteiger partial charge is 0.478 e. The molecule has 0 aliphatic heterocycles. The third kappa shape index (κ3) is 3.11. The zero-order chi connectivity index (χ0) is 12.1. The molecule has 1 aromatic rings. The molecule has 0 saturated heterocycles. The number of aromatic carboxylic acids is 1. The molecule has 1 aromatic heterocycles. The lowest BCUT2D eigenvalue weighted by Gasteiger charge is -2.12. The van der Waals surface area contributed by atoms with E-state index in [1.807, 2.05) is 11.9 Å². The second kappa shape index (κ2) is 5.33. The fraction of sp³-hybridized carbons (Fsp3) is 0.455. The van der Waals surface area contributed by atoms with Gasteiger partial charge in [-0.15, -0.1) is 0 Å². The minimum atomic E-state index is -0.979. The van der Waals surface area contributed by atoms with Gasteiger partial charge in [0, 0.05) is 13.0 Å². The number of nitrogens with zero attached hydrogens (tertiary/aromatic N) is 2. The Morgan fingerprint density at radius 1 is 1.69 bits per heavy atom. The average Bonchev–Trinajstić information content (AvgIpc) is 2.56. The van der Waals surface area contributed by atoms with Gasteiger partial charge in [-0.25, -0.2) is 4.79 Å². The van der Waals surface area contributed by atoms with Crippen molar-refractivity contribution in [3.63, 3.8) is 0 Å². The van der Waals surface area contributed by atoms with Crippen molar-refractivity contribution in [2.24, 2.45) is 0 Å². The van der Waals surface area contributed by atoms with Crippen molar-refractivity contribution in [1.29, 1.82) is 5.26 Å². The van der Waals surface area contributed by atoms with E-state index in [9.17, 15) is 4.79 Å². The molecule has 0 amide bonds. The maximum absolute atomic E-state index is 10.8. The highest BCUT2D eigenvalue weighted by molar-refractivity contribution is 5.88. The smallest absolute Gasteiger partial charge is 0.339 e. The number of nitriles is 1. The van der Waals surface area contributed by atoms with Crippen LogP contribution in [0.5, 0.6) is 0 Å². The molecular weight excluding hydrogens is 208 g/mol. The van der Waals surface area contributed by atoms with E-state index in [0.717, 1.165) is 0 Å². The zero-order valence-electron chi connectivity index (χ0n) is 9.36. The summed E-state index contributed by atoms with van der Waals surface area (Å²) in [6.45, 7) is 2.77. The molecule has 5 heteroatoms. The van der Waals surface area contributed by atoms with Gasteiger partial charge in [-0.3, -0.25) is 4.90 Å². The number of rotatable bonds is 5. The van der Waals surface area contributed by atoms with Crippen LogP contribution < -0.4 is 0 Å². The van der Waals surface area contributed by atoms with Gasteiger partial charge in [-0.2, -0.15) is 5.26 Å². The molecule has 1 heterocycles. The summed E-state index contributed by atoms with van der Waals surface area (Å²) in [6.07, 6.45) is 0.446. The van der Waals surface area contributed by atoms with Crippen LogP contribution in [0, 0.1) is 18.3 Å². The van der Waals surface area contributed by atoms with Crippen molar-refractivity contribution >= 4 is 5.97 Å². The highest BCUT2D eigenvalue weighted by Gasteiger charge is 2.14. The number of hydrogen-bond donors (Lipinski definition) is 1. The fourth-order valence-electron chi connectivity index (χ4n) is 1.42. The molecule has 0 aliphatic carbocycles. The Hall–Kier alpha value is -1.80. The lowest BCUT2D eigenvalue weighted by molar-refractivity contribution is 0.0695. The van der Waals surface area contributed by atoms with Crippen LogP contribution in [0.4, 0.5) is 0 Å². The number of carboxylic acids is 1. The molecule has 0 unspecified atom stereocenters. The minimum absolute atomic E-state index is 0.198. The maximum Gasteiger partial charge on any atom is 0.339 e. The van der Waals surface area contributed by atoms with Gasteiger partial charge in [-0.05, 0) is 20.0 Å². The number of furan rings is 1. The Balaban J connectivity index is 2.65. The summed E-state index contributed by atoms with van der Waals surface area (Å²) in [5, 5.41) is 17.3. The van der Waals surface area contributed by atoms with Gasteiger partial charge in [0.1, 0.15) is 17.1 Å². The van der Waals surface area contributed by atoms with Crippen molar-refractivity contribution < 1.29 is 14.3 Å². The van der Waals surface area contributed by atoms with E-state index in [-0.39, 0.29) is 5.56 Å². The van der Waals surface area contributed by atoms with Crippen LogP contribution >= 0.6 is 0 Å². The predicted octanol–water partition coefficient (Wildman–Crippen LogP) is 1.63. The van der Waals surface area contributed by atoms with Gasteiger partial charge in [0.25, 0.3) is 0 Å². The topological polar surface area (TPSA) is 77.5 Å². The van der Waals surface area contributed by atoms with Crippen molar-refractivity contribution in [1.82, 2.24) is 4.90 Å². The first-order chi connectivity index (χ1) is 7.54. The van der Waals surface area contributed by atoms with Crippen LogP contribution in [-0.4, -0.2) is 29.6 Å². The van der Waals surface area contributed by atoms with E-state index in [2.05, 4.69) is 6.07 Å². The third-order valence-corrected chi connectivity index (χ3v) is 2.23. The molecule has 0 aliphatic rings. The third-order valence-electron chi connectivity index (χ3n) is 2.23. The van der Waals surface area contributed by atoms with Gasteiger partial charge in [-0.1, -0.05) is 0 Å². The lowest BCUT2D eigenvalue weighted by atomic mass is 10.2. The molecule has 0 radical (unpaired) electrons. The van der Waals surface area contributed by atoms with Crippen LogP contribution in [0.15, 0.2) is 10.5 Å². The van der Waals surface area contributed by atoms with E-state index in [1.54, 1.807) is 6.92 Å². The molecule has 0 bridgehead atoms. The van der Waals surface area contributed by atoms with E-state index in [4.69, 9.17) is 14.8 Å². The molecule has 0 atom stereocenters. The molecule has 1 rings (SSSR count). The van der Waals surface area contributed by atoms with Crippen LogP contribution in [0.3, 0.4) is 0 Å². The van der Waals surface area contributed by atoms with Crippen molar-refractivity contribution in [3.8, 4) is 6.07 Å². The monoisotopic (exact) mass is 222 g/mol. The first-order valence-electron chi connectivity index (χ1n) is 4.92. The number of carbonyl (C=O) groups is 1. The number of hydrogen-bond acceptors (Lipinski definition) is 4. The van der Waals surface area contributed by atoms with Crippen molar-refractivity contribution in [2.45, 2.75) is 19.9 Å². The molecule has 16 heavy (non-hydrogen) atoms. The second-order valence-corrected chi connectivity index (χ2v) is 3.63. The van der Waals surface area contributed by atoms with E-state index >= 15 is 0 Å².